The molecule has 0 saturated carbocycles. The highest BCUT2D eigenvalue weighted by molar-refractivity contribution is 5.95. The second kappa shape index (κ2) is 10.1. The highest BCUT2D eigenvalue weighted by Crippen LogP contribution is 2.29. The van der Waals surface area contributed by atoms with Crippen molar-refractivity contribution < 1.29 is 9.53 Å². The van der Waals surface area contributed by atoms with E-state index in [-0.39, 0.29) is 5.91 Å². The van der Waals surface area contributed by atoms with Crippen molar-refractivity contribution >= 4 is 5.91 Å². The zero-order chi connectivity index (χ0) is 17.2. The summed E-state index contributed by atoms with van der Waals surface area (Å²) in [5.41, 5.74) is 2.98. The molecule has 1 aromatic carbocycles. The van der Waals surface area contributed by atoms with Gasteiger partial charge in [0.15, 0.2) is 0 Å². The Bertz CT molecular complexity index is 493. The van der Waals surface area contributed by atoms with Crippen molar-refractivity contribution in [2.45, 2.75) is 53.4 Å². The van der Waals surface area contributed by atoms with Crippen molar-refractivity contribution in [2.24, 2.45) is 5.92 Å². The van der Waals surface area contributed by atoms with E-state index in [1.807, 2.05) is 12.1 Å². The maximum atomic E-state index is 12.4. The van der Waals surface area contributed by atoms with Crippen LogP contribution in [0.2, 0.25) is 0 Å². The maximum absolute atomic E-state index is 12.4. The summed E-state index contributed by atoms with van der Waals surface area (Å²) in [6.45, 7) is 13.4. The molecule has 0 radical (unpaired) electrons. The second-order valence-electron chi connectivity index (χ2n) is 6.33. The van der Waals surface area contributed by atoms with E-state index in [4.69, 9.17) is 4.74 Å². The van der Waals surface area contributed by atoms with Crippen molar-refractivity contribution in [3.8, 4) is 5.75 Å². The molecule has 0 heterocycles. The monoisotopic (exact) mass is 317 g/mol. The second-order valence-corrected chi connectivity index (χ2v) is 6.33. The molecular weight excluding hydrogens is 286 g/mol. The van der Waals surface area contributed by atoms with Crippen molar-refractivity contribution in [3.63, 3.8) is 0 Å². The van der Waals surface area contributed by atoms with E-state index in [9.17, 15) is 4.79 Å². The van der Waals surface area contributed by atoms with Crippen LogP contribution in [0.1, 0.15) is 62.0 Å². The lowest BCUT2D eigenvalue weighted by molar-refractivity contribution is 0.0948. The molecule has 0 aromatic heterocycles. The lowest BCUT2D eigenvalue weighted by Gasteiger charge is -2.17. The molecule has 128 valence electrons. The van der Waals surface area contributed by atoms with Crippen LogP contribution in [-0.4, -0.2) is 19.1 Å². The predicted octanol–water partition coefficient (Wildman–Crippen LogP) is 4.54. The topological polar surface area (TPSA) is 38.3 Å². The molecule has 0 unspecified atom stereocenters. The van der Waals surface area contributed by atoms with Crippen LogP contribution in [0.4, 0.5) is 0 Å². The van der Waals surface area contributed by atoms with Gasteiger partial charge < -0.3 is 10.1 Å². The number of hydrogen-bond donors (Lipinski definition) is 1. The molecule has 0 aliphatic rings. The molecule has 0 bridgehead atoms. The lowest BCUT2D eigenvalue weighted by atomic mass is 9.97. The third kappa shape index (κ3) is 6.09. The van der Waals surface area contributed by atoms with Gasteiger partial charge in [0, 0.05) is 12.1 Å². The average Bonchev–Trinajstić information content (AvgIpc) is 2.52. The summed E-state index contributed by atoms with van der Waals surface area (Å²) < 4.78 is 5.91. The quantitative estimate of drug-likeness (QED) is 0.643. The van der Waals surface area contributed by atoms with E-state index in [1.165, 1.54) is 0 Å². The number of carbonyl (C=O) groups is 1. The maximum Gasteiger partial charge on any atom is 0.251 e. The summed E-state index contributed by atoms with van der Waals surface area (Å²) in [7, 11) is 0. The number of amides is 1. The summed E-state index contributed by atoms with van der Waals surface area (Å²) in [5, 5.41) is 3.00. The molecule has 0 fully saturated rings. The van der Waals surface area contributed by atoms with Gasteiger partial charge in [0.05, 0.1) is 0 Å². The molecule has 0 aliphatic heterocycles. The number of hydrogen-bond acceptors (Lipinski definition) is 2. The Hall–Kier alpha value is -1.77. The summed E-state index contributed by atoms with van der Waals surface area (Å²) in [4.78, 5) is 12.4. The summed E-state index contributed by atoms with van der Waals surface area (Å²) >= 11 is 0. The van der Waals surface area contributed by atoms with Gasteiger partial charge in [-0.05, 0) is 42.0 Å². The molecule has 23 heavy (non-hydrogen) atoms. The van der Waals surface area contributed by atoms with Crippen LogP contribution >= 0.6 is 0 Å². The summed E-state index contributed by atoms with van der Waals surface area (Å²) in [6, 6.07) is 3.97. The van der Waals surface area contributed by atoms with Gasteiger partial charge in [0.25, 0.3) is 5.91 Å². The van der Waals surface area contributed by atoms with Gasteiger partial charge >= 0.3 is 0 Å². The number of rotatable bonds is 10. The third-order valence-electron chi connectivity index (χ3n) is 3.56. The minimum atomic E-state index is 0.00340. The normalized spacial score (nSPS) is 10.7. The number of carbonyl (C=O) groups excluding carboxylic acids is 1. The SMILES string of the molecule is C=CCOc1c(CCC)cc(C(=O)NCC(C)C)cc1CCC. The first-order chi connectivity index (χ1) is 11.0. The van der Waals surface area contributed by atoms with Crippen LogP contribution in [0.3, 0.4) is 0 Å². The van der Waals surface area contributed by atoms with E-state index < -0.39 is 0 Å². The highest BCUT2D eigenvalue weighted by Gasteiger charge is 2.15. The fraction of sp³-hybridized carbons (Fsp3) is 0.550. The Kier molecular flexibility index (Phi) is 8.46. The van der Waals surface area contributed by atoms with Crippen molar-refractivity contribution in [3.05, 3.63) is 41.5 Å². The molecular formula is C20H31NO2. The fourth-order valence-electron chi connectivity index (χ4n) is 2.52. The van der Waals surface area contributed by atoms with Crippen LogP contribution in [0, 0.1) is 5.92 Å². The van der Waals surface area contributed by atoms with E-state index in [0.29, 0.717) is 19.1 Å². The van der Waals surface area contributed by atoms with Crippen LogP contribution < -0.4 is 10.1 Å². The summed E-state index contributed by atoms with van der Waals surface area (Å²) in [5.74, 6) is 1.39. The minimum Gasteiger partial charge on any atom is -0.489 e. The minimum absolute atomic E-state index is 0.00340. The van der Waals surface area contributed by atoms with Crippen LogP contribution in [0.15, 0.2) is 24.8 Å². The standard InChI is InChI=1S/C20H31NO2/c1-6-9-16-12-18(20(22)21-14-15(4)5)13-17(10-7-2)19(16)23-11-8-3/h8,12-13,15H,3,6-7,9-11,14H2,1-2,4-5H3,(H,21,22). The Labute approximate surface area is 141 Å². The van der Waals surface area contributed by atoms with Gasteiger partial charge in [0.2, 0.25) is 0 Å². The first-order valence-electron chi connectivity index (χ1n) is 8.71. The summed E-state index contributed by atoms with van der Waals surface area (Å²) in [6.07, 6.45) is 5.62. The molecule has 1 N–H and O–H groups in total. The lowest BCUT2D eigenvalue weighted by Crippen LogP contribution is -2.27. The zero-order valence-corrected chi connectivity index (χ0v) is 15.1. The van der Waals surface area contributed by atoms with E-state index in [2.05, 4.69) is 39.6 Å². The van der Waals surface area contributed by atoms with Crippen molar-refractivity contribution in [2.75, 3.05) is 13.2 Å². The van der Waals surface area contributed by atoms with Gasteiger partial charge in [-0.25, -0.2) is 0 Å². The Morgan fingerprint density at radius 3 is 2.22 bits per heavy atom. The molecule has 1 rings (SSSR count). The van der Waals surface area contributed by atoms with E-state index in [0.717, 1.165) is 48.1 Å². The predicted molar refractivity (Wildman–Crippen MR) is 97.3 cm³/mol. The Balaban J connectivity index is 3.16. The van der Waals surface area contributed by atoms with Crippen molar-refractivity contribution in [1.29, 1.82) is 0 Å². The van der Waals surface area contributed by atoms with Gasteiger partial charge in [-0.15, -0.1) is 0 Å². The van der Waals surface area contributed by atoms with Crippen LogP contribution in [0.25, 0.3) is 0 Å². The van der Waals surface area contributed by atoms with Gasteiger partial charge in [0.1, 0.15) is 12.4 Å². The van der Waals surface area contributed by atoms with Crippen molar-refractivity contribution in [1.82, 2.24) is 5.32 Å². The molecule has 1 aromatic rings. The largest absolute Gasteiger partial charge is 0.489 e. The molecule has 0 atom stereocenters. The van der Waals surface area contributed by atoms with Crippen LogP contribution in [0.5, 0.6) is 5.75 Å². The number of benzene rings is 1. The van der Waals surface area contributed by atoms with Crippen LogP contribution in [-0.2, 0) is 12.8 Å². The van der Waals surface area contributed by atoms with E-state index >= 15 is 0 Å². The number of nitrogens with one attached hydrogen (secondary N) is 1. The average molecular weight is 317 g/mol. The molecule has 0 spiro atoms. The van der Waals surface area contributed by atoms with Gasteiger partial charge in [-0.2, -0.15) is 0 Å². The van der Waals surface area contributed by atoms with Gasteiger partial charge in [-0.1, -0.05) is 53.2 Å². The number of ether oxygens (including phenoxy) is 1. The Morgan fingerprint density at radius 1 is 1.22 bits per heavy atom. The molecule has 0 aliphatic carbocycles. The fourth-order valence-corrected chi connectivity index (χ4v) is 2.52. The van der Waals surface area contributed by atoms with Gasteiger partial charge in [-0.3, -0.25) is 4.79 Å². The highest BCUT2D eigenvalue weighted by atomic mass is 16.5. The first kappa shape index (κ1) is 19.3. The molecule has 0 saturated heterocycles. The molecule has 3 nitrogen and oxygen atoms in total. The first-order valence-corrected chi connectivity index (χ1v) is 8.71. The zero-order valence-electron chi connectivity index (χ0n) is 15.1. The smallest absolute Gasteiger partial charge is 0.251 e. The number of aryl methyl sites for hydroxylation is 2. The Morgan fingerprint density at radius 2 is 1.78 bits per heavy atom. The van der Waals surface area contributed by atoms with E-state index in [1.54, 1.807) is 6.08 Å². The molecule has 3 heteroatoms. The molecule has 1 amide bonds. The third-order valence-corrected chi connectivity index (χ3v) is 3.56.